The van der Waals surface area contributed by atoms with Crippen molar-refractivity contribution in [1.29, 1.82) is 0 Å². The average molecular weight is 268 g/mol. The van der Waals surface area contributed by atoms with E-state index in [2.05, 4.69) is 9.59 Å². The van der Waals surface area contributed by atoms with Crippen molar-refractivity contribution in [3.8, 4) is 0 Å². The number of amides is 1. The summed E-state index contributed by atoms with van der Waals surface area (Å²) in [5.41, 5.74) is 6.80. The van der Waals surface area contributed by atoms with Gasteiger partial charge in [-0.05, 0) is 44.1 Å². The van der Waals surface area contributed by atoms with Gasteiger partial charge in [-0.25, -0.2) is 0 Å². The molecule has 1 fully saturated rings. The van der Waals surface area contributed by atoms with Crippen LogP contribution in [0.2, 0.25) is 0 Å². The summed E-state index contributed by atoms with van der Waals surface area (Å²) in [7, 11) is 0. The first-order valence-corrected chi connectivity index (χ1v) is 7.30. The van der Waals surface area contributed by atoms with Crippen LogP contribution in [0, 0.1) is 0 Å². The summed E-state index contributed by atoms with van der Waals surface area (Å²) in [6, 6.07) is 0.165. The zero-order valence-corrected chi connectivity index (χ0v) is 11.7. The molecule has 1 aliphatic rings. The van der Waals surface area contributed by atoms with Crippen molar-refractivity contribution in [2.75, 3.05) is 6.54 Å². The minimum Gasteiger partial charge on any atom is -0.333 e. The second kappa shape index (κ2) is 5.75. The highest BCUT2D eigenvalue weighted by molar-refractivity contribution is 7.08. The van der Waals surface area contributed by atoms with E-state index >= 15 is 0 Å². The van der Waals surface area contributed by atoms with E-state index in [1.807, 2.05) is 18.7 Å². The van der Waals surface area contributed by atoms with Gasteiger partial charge >= 0.3 is 0 Å². The fourth-order valence-electron chi connectivity index (χ4n) is 2.49. The molecule has 18 heavy (non-hydrogen) atoms. The van der Waals surface area contributed by atoms with Gasteiger partial charge in [0.25, 0.3) is 5.91 Å². The molecule has 100 valence electrons. The molecule has 0 spiro atoms. The van der Waals surface area contributed by atoms with Gasteiger partial charge in [-0.1, -0.05) is 11.4 Å². The fraction of sp³-hybridized carbons (Fsp3) is 0.750. The third-order valence-corrected chi connectivity index (χ3v) is 4.26. The molecule has 0 saturated carbocycles. The Balaban J connectivity index is 2.21. The van der Waals surface area contributed by atoms with Crippen LogP contribution in [0.15, 0.2) is 0 Å². The number of aromatic nitrogens is 2. The minimum atomic E-state index is 0.0141. The van der Waals surface area contributed by atoms with Gasteiger partial charge in [0.05, 0.1) is 5.69 Å². The van der Waals surface area contributed by atoms with Gasteiger partial charge in [-0.2, -0.15) is 0 Å². The highest BCUT2D eigenvalue weighted by Crippen LogP contribution is 2.23. The van der Waals surface area contributed by atoms with Crippen LogP contribution in [0.1, 0.15) is 48.5 Å². The zero-order valence-electron chi connectivity index (χ0n) is 10.9. The Kier molecular flexibility index (Phi) is 4.29. The highest BCUT2D eigenvalue weighted by atomic mass is 32.1. The molecule has 0 radical (unpaired) electrons. The summed E-state index contributed by atoms with van der Waals surface area (Å²) in [5.74, 6) is 0.0591. The number of nitrogens with two attached hydrogens (primary N) is 1. The van der Waals surface area contributed by atoms with Crippen molar-refractivity contribution in [3.63, 3.8) is 0 Å². The molecule has 1 saturated heterocycles. The second-order valence-electron chi connectivity index (χ2n) is 4.82. The van der Waals surface area contributed by atoms with Gasteiger partial charge in [0.1, 0.15) is 4.88 Å². The van der Waals surface area contributed by atoms with Crippen LogP contribution in [0.3, 0.4) is 0 Å². The Hall–Kier alpha value is -1.01. The first-order chi connectivity index (χ1) is 8.65. The molecule has 1 aliphatic heterocycles. The SMILES string of the molecule is CCc1nnsc1C(=O)N1CCCC[C@@H]1[C@@H](C)N. The van der Waals surface area contributed by atoms with E-state index in [1.54, 1.807) is 0 Å². The van der Waals surface area contributed by atoms with Gasteiger partial charge < -0.3 is 10.6 Å². The number of aryl methyl sites for hydroxylation is 1. The van der Waals surface area contributed by atoms with Crippen molar-refractivity contribution in [1.82, 2.24) is 14.5 Å². The summed E-state index contributed by atoms with van der Waals surface area (Å²) < 4.78 is 3.89. The van der Waals surface area contributed by atoms with E-state index in [4.69, 9.17) is 5.73 Å². The second-order valence-corrected chi connectivity index (χ2v) is 5.58. The Morgan fingerprint density at radius 1 is 1.61 bits per heavy atom. The Labute approximate surface area is 112 Å². The van der Waals surface area contributed by atoms with Crippen LogP contribution in [-0.2, 0) is 6.42 Å². The largest absolute Gasteiger partial charge is 0.333 e. The zero-order chi connectivity index (χ0) is 13.1. The molecule has 0 aromatic carbocycles. The predicted molar refractivity (Wildman–Crippen MR) is 71.6 cm³/mol. The molecular formula is C12H20N4OS. The van der Waals surface area contributed by atoms with E-state index in [0.29, 0.717) is 4.88 Å². The lowest BCUT2D eigenvalue weighted by Crippen LogP contribution is -2.51. The Morgan fingerprint density at radius 3 is 3.06 bits per heavy atom. The molecule has 2 heterocycles. The molecule has 0 bridgehead atoms. The van der Waals surface area contributed by atoms with Crippen LogP contribution in [0.5, 0.6) is 0 Å². The van der Waals surface area contributed by atoms with E-state index < -0.39 is 0 Å². The lowest BCUT2D eigenvalue weighted by Gasteiger charge is -2.37. The molecule has 1 aromatic rings. The van der Waals surface area contributed by atoms with Gasteiger partial charge in [-0.3, -0.25) is 4.79 Å². The third-order valence-electron chi connectivity index (χ3n) is 3.50. The maximum atomic E-state index is 12.6. The van der Waals surface area contributed by atoms with Crippen molar-refractivity contribution in [2.45, 2.75) is 51.6 Å². The first-order valence-electron chi connectivity index (χ1n) is 6.53. The maximum absolute atomic E-state index is 12.6. The molecule has 1 aromatic heterocycles. The number of carbonyl (C=O) groups excluding carboxylic acids is 1. The predicted octanol–water partition coefficient (Wildman–Crippen LogP) is 1.44. The summed E-state index contributed by atoms with van der Waals surface area (Å²) in [6.45, 7) is 4.76. The number of likely N-dealkylation sites (tertiary alicyclic amines) is 1. The van der Waals surface area contributed by atoms with Crippen LogP contribution in [0.4, 0.5) is 0 Å². The lowest BCUT2D eigenvalue weighted by molar-refractivity contribution is 0.0587. The molecule has 5 nitrogen and oxygen atoms in total. The smallest absolute Gasteiger partial charge is 0.267 e. The van der Waals surface area contributed by atoms with Crippen molar-refractivity contribution >= 4 is 17.4 Å². The van der Waals surface area contributed by atoms with Crippen LogP contribution in [-0.4, -0.2) is 39.0 Å². The van der Waals surface area contributed by atoms with Crippen LogP contribution >= 0.6 is 11.5 Å². The summed E-state index contributed by atoms with van der Waals surface area (Å²) in [4.78, 5) is 15.2. The van der Waals surface area contributed by atoms with E-state index in [-0.39, 0.29) is 18.0 Å². The molecule has 2 rings (SSSR count). The summed E-state index contributed by atoms with van der Waals surface area (Å²) in [6.07, 6.45) is 3.95. The number of nitrogens with zero attached hydrogens (tertiary/aromatic N) is 3. The van der Waals surface area contributed by atoms with Crippen molar-refractivity contribution < 1.29 is 4.79 Å². The fourth-order valence-corrected chi connectivity index (χ4v) is 3.20. The molecule has 2 atom stereocenters. The average Bonchev–Trinajstić information content (AvgIpc) is 2.86. The molecule has 1 amide bonds. The molecular weight excluding hydrogens is 248 g/mol. The number of piperidine rings is 1. The summed E-state index contributed by atoms with van der Waals surface area (Å²) in [5, 5.41) is 4.01. The van der Waals surface area contributed by atoms with Gasteiger partial charge in [-0.15, -0.1) is 5.10 Å². The van der Waals surface area contributed by atoms with Crippen molar-refractivity contribution in [2.24, 2.45) is 5.73 Å². The van der Waals surface area contributed by atoms with Crippen molar-refractivity contribution in [3.05, 3.63) is 10.6 Å². The molecule has 6 heteroatoms. The third kappa shape index (κ3) is 2.54. The normalized spacial score (nSPS) is 21.9. The Bertz CT molecular complexity index is 418. The van der Waals surface area contributed by atoms with Gasteiger partial charge in [0.15, 0.2) is 0 Å². The summed E-state index contributed by atoms with van der Waals surface area (Å²) >= 11 is 1.20. The topological polar surface area (TPSA) is 72.1 Å². The van der Waals surface area contributed by atoms with E-state index in [9.17, 15) is 4.79 Å². The molecule has 0 aliphatic carbocycles. The minimum absolute atomic E-state index is 0.0141. The number of rotatable bonds is 3. The van der Waals surface area contributed by atoms with E-state index in [1.165, 1.54) is 11.5 Å². The first kappa shape index (κ1) is 13.4. The monoisotopic (exact) mass is 268 g/mol. The van der Waals surface area contributed by atoms with Crippen LogP contribution < -0.4 is 5.73 Å². The standard InChI is InChI=1S/C12H20N4OS/c1-3-9-11(18-15-14-9)12(17)16-7-5-4-6-10(16)8(2)13/h8,10H,3-7,13H2,1-2H3/t8-,10-/m1/s1. The Morgan fingerprint density at radius 2 is 2.39 bits per heavy atom. The molecule has 0 unspecified atom stereocenters. The highest BCUT2D eigenvalue weighted by Gasteiger charge is 2.31. The lowest BCUT2D eigenvalue weighted by atomic mass is 9.96. The van der Waals surface area contributed by atoms with Gasteiger partial charge in [0, 0.05) is 18.6 Å². The van der Waals surface area contributed by atoms with E-state index in [0.717, 1.165) is 37.9 Å². The number of hydrogen-bond donors (Lipinski definition) is 1. The maximum Gasteiger partial charge on any atom is 0.267 e. The number of carbonyl (C=O) groups is 1. The molecule has 2 N–H and O–H groups in total. The number of hydrogen-bond acceptors (Lipinski definition) is 5. The van der Waals surface area contributed by atoms with Gasteiger partial charge in [0.2, 0.25) is 0 Å². The van der Waals surface area contributed by atoms with Crippen LogP contribution in [0.25, 0.3) is 0 Å². The quantitative estimate of drug-likeness (QED) is 0.900.